The number of methoxy groups -OCH3 is 1. The Labute approximate surface area is 533 Å². The number of aliphatic hydroxyl groups excluding tert-OH is 1. The van der Waals surface area contributed by atoms with Crippen molar-refractivity contribution in [2.24, 2.45) is 5.73 Å². The minimum absolute atomic E-state index is 0.0810. The number of piperazine rings is 2. The van der Waals surface area contributed by atoms with E-state index in [1.807, 2.05) is 52.5 Å². The van der Waals surface area contributed by atoms with E-state index in [9.17, 15) is 34.1 Å². The summed E-state index contributed by atoms with van der Waals surface area (Å²) in [6.45, 7) is 15.4. The standard InChI is InChI=1S/C14H21N5O4.C14H23N5O2.C7H6ClNO2.C6H5ClN2O.C6H5NO2.C5H5ClN2.CH4O.Cl2OS/c1-14(2,3)23-13(20)18-8-6-17(7-9-18)10-4-5-16-12(15)11(10)19(21)22;1-14(2,3)21-13(20)19-8-6-18(7-9-19)10-4-5-17-12(16)11(10)15;1-11-7(10)6-4-5(8)2-3-9-6;7-4-1-2-9-5(3-4)6(8)10;8-6(9)5-3-1-2-4-7-5;6-4-1-2-8-5(7)3-4;1-2;1-4(2)3/h4-5H,6-9H2,1-3H3,(H2,15,16);4-5H,6-9,15H2,1-3H3,(H2,16,17);2-4H,1H3;1-3H,(H2,8,10);1-4H,(H,8,9);1-3H,(H2,7,8);2H,1H3;. The Bertz CT molecular complexity index is 3190. The van der Waals surface area contributed by atoms with Gasteiger partial charge in [-0.25, -0.2) is 48.3 Å². The summed E-state index contributed by atoms with van der Waals surface area (Å²) in [7, 11) is 9.65. The maximum absolute atomic E-state index is 12.0. The van der Waals surface area contributed by atoms with Crippen LogP contribution in [0.2, 0.25) is 15.1 Å². The zero-order chi connectivity index (χ0) is 66.9. The normalized spacial score (nSPS) is 12.3. The molecule has 0 unspecified atom stereocenters. The number of aromatic nitrogens is 6. The molecule has 0 bridgehead atoms. The lowest BCUT2D eigenvalue weighted by Crippen LogP contribution is -2.50. The fourth-order valence-corrected chi connectivity index (χ4v) is 7.13. The molecule has 480 valence electrons. The number of pyridine rings is 6. The highest BCUT2D eigenvalue weighted by Gasteiger charge is 2.30. The first-order valence-electron chi connectivity index (χ1n) is 25.4. The number of hydrogen-bond donors (Lipinski definition) is 7. The van der Waals surface area contributed by atoms with Crippen molar-refractivity contribution in [3.05, 3.63) is 146 Å². The van der Waals surface area contributed by atoms with Gasteiger partial charge in [0.05, 0.1) is 23.4 Å². The quantitative estimate of drug-likeness (QED) is 0.0272. The first-order valence-corrected chi connectivity index (χ1v) is 29.3. The summed E-state index contributed by atoms with van der Waals surface area (Å²) < 4.78 is 24.2. The zero-order valence-corrected chi connectivity index (χ0v) is 53.6. The highest BCUT2D eigenvalue weighted by molar-refractivity contribution is 8.26. The Morgan fingerprint density at radius 2 is 0.989 bits per heavy atom. The maximum Gasteiger partial charge on any atom is 0.410 e. The molecular weight excluding hydrogens is 1280 g/mol. The number of hydrogen-bond acceptors (Lipinski definition) is 24. The maximum atomic E-state index is 12.0. The monoisotopic (exact) mass is 1340 g/mol. The van der Waals surface area contributed by atoms with Gasteiger partial charge in [0.25, 0.3) is 5.91 Å². The van der Waals surface area contributed by atoms with Gasteiger partial charge in [0.2, 0.25) is 15.0 Å². The summed E-state index contributed by atoms with van der Waals surface area (Å²) in [5, 5.41) is 28.1. The summed E-state index contributed by atoms with van der Waals surface area (Å²) in [5.41, 5.74) is 28.5. The van der Waals surface area contributed by atoms with E-state index in [1.54, 1.807) is 64.7 Å². The molecule has 2 aliphatic rings. The molecule has 8 heterocycles. The van der Waals surface area contributed by atoms with E-state index < -0.39 is 43.2 Å². The van der Waals surface area contributed by atoms with Crippen LogP contribution < -0.4 is 38.5 Å². The van der Waals surface area contributed by atoms with E-state index in [1.165, 1.54) is 50.1 Å². The van der Waals surface area contributed by atoms with Crippen LogP contribution in [-0.4, -0.2) is 167 Å². The third kappa shape index (κ3) is 30.8. The van der Waals surface area contributed by atoms with Crippen molar-refractivity contribution in [3.8, 4) is 0 Å². The SMILES string of the molecule is CC(C)(C)OC(=O)N1CCN(c2ccnc(N)c2N)CC1.CC(C)(C)OC(=O)N1CCN(c2ccnc(N)c2[N+](=O)[O-])CC1.CO.COC(=O)c1cc(Cl)ccn1.NC(=O)c1cc(Cl)ccn1.Nc1cc(Cl)ccn1.O=C(O)c1ccccn1.O=S(Cl)Cl. The zero-order valence-electron chi connectivity index (χ0n) is 49.0. The lowest BCUT2D eigenvalue weighted by molar-refractivity contribution is -0.383. The van der Waals surface area contributed by atoms with Crippen LogP contribution in [0, 0.1) is 10.1 Å². The minimum atomic E-state index is -1.67. The molecule has 29 nitrogen and oxygen atoms in total. The average Bonchev–Trinajstić information content (AvgIpc) is 2.18. The predicted molar refractivity (Wildman–Crippen MR) is 340 cm³/mol. The average molecular weight is 1350 g/mol. The number of carbonyl (C=O) groups excluding carboxylic acids is 4. The van der Waals surface area contributed by atoms with E-state index in [0.717, 1.165) is 12.8 Å². The summed E-state index contributed by atoms with van der Waals surface area (Å²) >= 11 is 16.7. The van der Waals surface area contributed by atoms with Crippen molar-refractivity contribution < 1.29 is 57.5 Å². The van der Waals surface area contributed by atoms with Gasteiger partial charge in [-0.3, -0.25) is 19.9 Å². The number of carboxylic acid groups (broad SMARTS) is 1. The van der Waals surface area contributed by atoms with E-state index in [0.29, 0.717) is 90.4 Å². The highest BCUT2D eigenvalue weighted by atomic mass is 36.0. The molecule has 6 aromatic heterocycles. The Kier molecular flexibility index (Phi) is 34.8. The third-order valence-corrected chi connectivity index (χ3v) is 11.1. The van der Waals surface area contributed by atoms with Gasteiger partial charge < -0.3 is 72.7 Å². The molecule has 0 aromatic carbocycles. The number of nitrogens with two attached hydrogens (primary N) is 5. The van der Waals surface area contributed by atoms with E-state index >= 15 is 0 Å². The molecule has 0 radical (unpaired) electrons. The molecule has 0 aliphatic carbocycles. The number of esters is 1. The molecule has 2 fully saturated rings. The first-order chi connectivity index (χ1) is 41.2. The molecule has 0 atom stereocenters. The number of rotatable bonds is 6. The number of primary amides is 1. The highest BCUT2D eigenvalue weighted by Crippen LogP contribution is 2.33. The van der Waals surface area contributed by atoms with Crippen LogP contribution in [0.5, 0.6) is 0 Å². The van der Waals surface area contributed by atoms with Gasteiger partial charge in [0.1, 0.15) is 45.6 Å². The molecule has 35 heteroatoms. The Balaban J connectivity index is 0.000000541. The second-order valence-corrected chi connectivity index (χ2v) is 22.9. The Morgan fingerprint density at radius 1 is 0.591 bits per heavy atom. The summed E-state index contributed by atoms with van der Waals surface area (Å²) in [6.07, 6.45) is 8.34. The van der Waals surface area contributed by atoms with Crippen LogP contribution in [0.1, 0.15) is 73.0 Å². The van der Waals surface area contributed by atoms with Crippen molar-refractivity contribution in [1.29, 1.82) is 0 Å². The largest absolute Gasteiger partial charge is 0.477 e. The smallest absolute Gasteiger partial charge is 0.410 e. The van der Waals surface area contributed by atoms with Crippen molar-refractivity contribution >= 4 is 136 Å². The molecule has 88 heavy (non-hydrogen) atoms. The number of halogens is 5. The summed E-state index contributed by atoms with van der Waals surface area (Å²) in [6, 6.07) is 17.5. The molecule has 3 amide bonds. The molecule has 2 saturated heterocycles. The summed E-state index contributed by atoms with van der Waals surface area (Å²) in [4.78, 5) is 95.8. The minimum Gasteiger partial charge on any atom is -0.477 e. The Morgan fingerprint density at radius 3 is 1.34 bits per heavy atom. The molecule has 12 N–H and O–H groups in total. The van der Waals surface area contributed by atoms with Crippen LogP contribution in [0.15, 0.2) is 104 Å². The number of amides is 3. The van der Waals surface area contributed by atoms with Crippen molar-refractivity contribution in [2.45, 2.75) is 52.7 Å². The number of nitrogens with zero attached hydrogens (tertiary/aromatic N) is 11. The topological polar surface area (TPSA) is 434 Å². The van der Waals surface area contributed by atoms with Gasteiger partial charge in [-0.1, -0.05) is 40.9 Å². The molecular formula is C53H69Cl5N16O13S. The van der Waals surface area contributed by atoms with Gasteiger partial charge in [-0.05, 0) is 102 Å². The molecule has 6 aromatic rings. The number of aliphatic hydroxyl groups is 1. The predicted octanol–water partition coefficient (Wildman–Crippen LogP) is 8.04. The van der Waals surface area contributed by atoms with Crippen molar-refractivity contribution in [3.63, 3.8) is 0 Å². The lowest BCUT2D eigenvalue weighted by Gasteiger charge is -2.37. The van der Waals surface area contributed by atoms with Crippen molar-refractivity contribution in [2.75, 3.05) is 99.3 Å². The van der Waals surface area contributed by atoms with Gasteiger partial charge >= 0.3 is 29.8 Å². The van der Waals surface area contributed by atoms with Crippen LogP contribution >= 0.6 is 56.2 Å². The number of aromatic carboxylic acids is 1. The van der Waals surface area contributed by atoms with E-state index in [2.05, 4.69) is 60.9 Å². The Hall–Kier alpha value is -8.39. The summed E-state index contributed by atoms with van der Waals surface area (Å²) in [5.74, 6) is -1.35. The van der Waals surface area contributed by atoms with Crippen LogP contribution in [0.4, 0.5) is 49.8 Å². The third-order valence-electron chi connectivity index (χ3n) is 10.4. The fraction of sp³-hybridized carbons (Fsp3) is 0.340. The van der Waals surface area contributed by atoms with Gasteiger partial charge in [0.15, 0.2) is 0 Å². The number of nitro groups is 1. The number of nitrogen functional groups attached to an aromatic ring is 4. The van der Waals surface area contributed by atoms with E-state index in [-0.39, 0.29) is 40.8 Å². The molecule has 2 aliphatic heterocycles. The molecule has 8 rings (SSSR count). The lowest BCUT2D eigenvalue weighted by atomic mass is 10.2. The second kappa shape index (κ2) is 39.4. The van der Waals surface area contributed by atoms with E-state index in [4.69, 9.17) is 87.4 Å². The molecule has 0 saturated carbocycles. The second-order valence-electron chi connectivity index (χ2n) is 19.0. The van der Waals surface area contributed by atoms with Gasteiger partial charge in [-0.2, -0.15) is 0 Å². The van der Waals surface area contributed by atoms with Crippen LogP contribution in [-0.2, 0) is 23.4 Å². The molecule has 0 spiro atoms. The first kappa shape index (κ1) is 77.6. The fourth-order valence-electron chi connectivity index (χ4n) is 6.64. The number of carboxylic acids is 1. The number of ether oxygens (including phenoxy) is 3. The number of anilines is 6. The van der Waals surface area contributed by atoms with Crippen LogP contribution in [0.3, 0.4) is 0 Å². The number of carbonyl (C=O) groups is 5. The van der Waals surface area contributed by atoms with Crippen LogP contribution in [0.25, 0.3) is 0 Å². The van der Waals surface area contributed by atoms with Gasteiger partial charge in [0, 0.05) is 133 Å². The van der Waals surface area contributed by atoms with Gasteiger partial charge in [-0.15, -0.1) is 0 Å². The van der Waals surface area contributed by atoms with Crippen molar-refractivity contribution in [1.82, 2.24) is 39.7 Å².